The average molecular weight is 949 g/mol. The van der Waals surface area contributed by atoms with Crippen LogP contribution in [0, 0.1) is 6.92 Å². The van der Waals surface area contributed by atoms with Crippen molar-refractivity contribution in [3.8, 4) is 62.1 Å². The number of furan rings is 1. The Morgan fingerprint density at radius 1 is 0.405 bits per heavy atom. The minimum atomic E-state index is 0.128. The van der Waals surface area contributed by atoms with Crippen LogP contribution in [0.2, 0.25) is 0 Å². The first-order valence-electron chi connectivity index (χ1n) is 25.5. The highest BCUT2D eigenvalue weighted by molar-refractivity contribution is 6.25. The second-order valence-electron chi connectivity index (χ2n) is 19.4. The number of hydrogen-bond acceptors (Lipinski definition) is 4. The van der Waals surface area contributed by atoms with Crippen molar-refractivity contribution in [2.45, 2.75) is 26.2 Å². The Bertz CT molecular complexity index is 4480. The van der Waals surface area contributed by atoms with Crippen LogP contribution in [0.5, 0.6) is 0 Å². The molecule has 0 amide bonds. The van der Waals surface area contributed by atoms with E-state index >= 15 is 0 Å². The quantitative estimate of drug-likeness (QED) is 0.145. The summed E-state index contributed by atoms with van der Waals surface area (Å²) in [5.74, 6) is 1.88. The summed E-state index contributed by atoms with van der Waals surface area (Å²) in [6.45, 7) is 4.48. The Balaban J connectivity index is 1.08. The van der Waals surface area contributed by atoms with Gasteiger partial charge in [0.1, 0.15) is 11.2 Å². The molecule has 0 spiro atoms. The molecule has 0 saturated heterocycles. The summed E-state index contributed by atoms with van der Waals surface area (Å²) < 4.78 is 9.20. The molecule has 11 aromatic carbocycles. The second-order valence-corrected chi connectivity index (χ2v) is 19.4. The molecule has 14 aromatic rings. The van der Waals surface area contributed by atoms with Crippen LogP contribution in [-0.4, -0.2) is 19.5 Å². The summed E-state index contributed by atoms with van der Waals surface area (Å²) in [4.78, 5) is 16.6. The maximum absolute atomic E-state index is 6.75. The molecule has 74 heavy (non-hydrogen) atoms. The molecular weight excluding hydrogens is 901 g/mol. The number of para-hydroxylation sites is 1. The third-order valence-electron chi connectivity index (χ3n) is 15.1. The molecule has 350 valence electrons. The molecule has 1 unspecified atom stereocenters. The summed E-state index contributed by atoms with van der Waals surface area (Å²) >= 11 is 0. The zero-order valence-corrected chi connectivity index (χ0v) is 41.0. The van der Waals surface area contributed by atoms with E-state index in [1.165, 1.54) is 54.7 Å². The van der Waals surface area contributed by atoms with Crippen LogP contribution in [0.4, 0.5) is 0 Å². The molecule has 3 aromatic heterocycles. The van der Waals surface area contributed by atoms with E-state index in [0.717, 1.165) is 78.3 Å². The van der Waals surface area contributed by atoms with Gasteiger partial charge in [-0.2, -0.15) is 0 Å². The van der Waals surface area contributed by atoms with E-state index in [2.05, 4.69) is 249 Å². The molecule has 5 heteroatoms. The monoisotopic (exact) mass is 948 g/mol. The molecule has 0 aliphatic heterocycles. The zero-order chi connectivity index (χ0) is 49.3. The van der Waals surface area contributed by atoms with Gasteiger partial charge in [-0.25, -0.2) is 15.0 Å². The van der Waals surface area contributed by atoms with Crippen molar-refractivity contribution in [3.63, 3.8) is 0 Å². The zero-order valence-electron chi connectivity index (χ0n) is 41.0. The Labute approximate surface area is 428 Å². The first-order chi connectivity index (χ1) is 36.6. The smallest absolute Gasteiger partial charge is 0.166 e. The van der Waals surface area contributed by atoms with Gasteiger partial charge in [0.25, 0.3) is 0 Å². The first kappa shape index (κ1) is 43.3. The number of rotatable bonds is 9. The van der Waals surface area contributed by atoms with Crippen LogP contribution in [0.15, 0.2) is 241 Å². The lowest BCUT2D eigenvalue weighted by Crippen LogP contribution is -2.06. The number of hydrogen-bond donors (Lipinski definition) is 0. The molecular formula is C69H48N4O. The van der Waals surface area contributed by atoms with Crippen LogP contribution in [-0.2, 0) is 0 Å². The number of aryl methyl sites for hydroxylation is 1. The molecule has 14 rings (SSSR count). The van der Waals surface area contributed by atoms with E-state index < -0.39 is 0 Å². The number of aromatic nitrogens is 4. The van der Waals surface area contributed by atoms with Crippen molar-refractivity contribution < 1.29 is 4.42 Å². The fourth-order valence-corrected chi connectivity index (χ4v) is 11.6. The molecule has 1 atom stereocenters. The molecule has 0 bridgehead atoms. The topological polar surface area (TPSA) is 56.7 Å². The van der Waals surface area contributed by atoms with Crippen molar-refractivity contribution in [1.29, 1.82) is 0 Å². The van der Waals surface area contributed by atoms with Gasteiger partial charge >= 0.3 is 0 Å². The van der Waals surface area contributed by atoms with Gasteiger partial charge in [0.15, 0.2) is 17.5 Å². The summed E-state index contributed by atoms with van der Waals surface area (Å²) in [6, 6.07) is 84.6. The van der Waals surface area contributed by atoms with Crippen LogP contribution in [0.3, 0.4) is 0 Å². The maximum Gasteiger partial charge on any atom is 0.166 e. The minimum Gasteiger partial charge on any atom is -0.456 e. The molecule has 5 nitrogen and oxygen atoms in total. The first-order valence-corrected chi connectivity index (χ1v) is 25.5. The minimum absolute atomic E-state index is 0.128. The van der Waals surface area contributed by atoms with E-state index in [-0.39, 0.29) is 5.92 Å². The third kappa shape index (κ3) is 7.19. The molecule has 0 saturated carbocycles. The van der Waals surface area contributed by atoms with Gasteiger partial charge in [-0.1, -0.05) is 201 Å². The van der Waals surface area contributed by atoms with Crippen molar-refractivity contribution in [1.82, 2.24) is 19.5 Å². The van der Waals surface area contributed by atoms with Crippen LogP contribution in [0.25, 0.3) is 127 Å². The normalized spacial score (nSPS) is 12.2. The van der Waals surface area contributed by atoms with Crippen molar-refractivity contribution in [3.05, 3.63) is 253 Å². The largest absolute Gasteiger partial charge is 0.456 e. The number of nitrogens with zero attached hydrogens (tertiary/aromatic N) is 4. The SMILES string of the molecule is CCC(c1ccccc1)c1cc(-c2nc(-c3ccc(-c4ccccc4)cc3)nc(-c3ccc4oc5ccccc5c4c3-n3c4cc5ccccc5cc4c4c5ccccc5ccc43)n2)ccc1-c1ccccc1C. The highest BCUT2D eigenvalue weighted by atomic mass is 16.3. The lowest BCUT2D eigenvalue weighted by molar-refractivity contribution is 0.669. The second kappa shape index (κ2) is 17.7. The highest BCUT2D eigenvalue weighted by Gasteiger charge is 2.26. The van der Waals surface area contributed by atoms with Crippen LogP contribution < -0.4 is 0 Å². The fourth-order valence-electron chi connectivity index (χ4n) is 11.6. The van der Waals surface area contributed by atoms with Gasteiger partial charge in [0.05, 0.1) is 22.1 Å². The van der Waals surface area contributed by atoms with E-state index in [1.54, 1.807) is 0 Å². The average Bonchev–Trinajstić information content (AvgIpc) is 4.01. The third-order valence-corrected chi connectivity index (χ3v) is 15.1. The summed E-state index contributed by atoms with van der Waals surface area (Å²) in [6.07, 6.45) is 0.916. The Morgan fingerprint density at radius 3 is 1.80 bits per heavy atom. The van der Waals surface area contributed by atoms with E-state index in [4.69, 9.17) is 19.4 Å². The summed E-state index contributed by atoms with van der Waals surface area (Å²) in [5.41, 5.74) is 15.8. The van der Waals surface area contributed by atoms with E-state index in [9.17, 15) is 0 Å². The van der Waals surface area contributed by atoms with Crippen molar-refractivity contribution in [2.24, 2.45) is 0 Å². The Hall–Kier alpha value is -9.45. The molecule has 0 aliphatic carbocycles. The van der Waals surface area contributed by atoms with E-state index in [1.807, 2.05) is 6.07 Å². The van der Waals surface area contributed by atoms with Gasteiger partial charge in [-0.05, 0) is 116 Å². The molecule has 0 radical (unpaired) electrons. The van der Waals surface area contributed by atoms with Crippen molar-refractivity contribution in [2.75, 3.05) is 0 Å². The van der Waals surface area contributed by atoms with Gasteiger partial charge in [0.2, 0.25) is 0 Å². The van der Waals surface area contributed by atoms with Crippen LogP contribution >= 0.6 is 0 Å². The van der Waals surface area contributed by atoms with Gasteiger partial charge in [-0.15, -0.1) is 0 Å². The molecule has 3 heterocycles. The standard InChI is InChI=1S/C69H48N4O/c1-3-52(46-21-8-5-9-22-46)58-41-51(34-36-55(58)53-26-14-10-18-43(53)2)68-70-67(48-32-30-45(31-33-48)44-19-6-4-7-20-44)71-69(72-68)57-37-39-63-65(56-28-16-17-29-62(56)74-63)66(57)73-60-38-35-47-23-13-15-27-54(47)64(60)59-40-49-24-11-12-25-50(49)42-61(59)73/h4-42,52H,3H2,1-2H3. The van der Waals surface area contributed by atoms with Crippen molar-refractivity contribution >= 4 is 65.3 Å². The molecule has 0 fully saturated rings. The molecule has 0 N–H and O–H groups in total. The summed E-state index contributed by atoms with van der Waals surface area (Å²) in [7, 11) is 0. The predicted molar refractivity (Wildman–Crippen MR) is 307 cm³/mol. The Kier molecular flexibility index (Phi) is 10.4. The highest BCUT2D eigenvalue weighted by Crippen LogP contribution is 2.46. The van der Waals surface area contributed by atoms with Gasteiger partial charge in [-0.3, -0.25) is 0 Å². The lowest BCUT2D eigenvalue weighted by Gasteiger charge is -2.22. The number of fused-ring (bicyclic) bond motifs is 9. The molecule has 0 aliphatic rings. The fraction of sp³-hybridized carbons (Fsp3) is 0.0580. The lowest BCUT2D eigenvalue weighted by atomic mass is 9.82. The maximum atomic E-state index is 6.75. The number of benzene rings is 11. The van der Waals surface area contributed by atoms with Crippen LogP contribution in [0.1, 0.15) is 36.0 Å². The summed E-state index contributed by atoms with van der Waals surface area (Å²) in [5, 5.41) is 9.12. The van der Waals surface area contributed by atoms with Gasteiger partial charge < -0.3 is 8.98 Å². The van der Waals surface area contributed by atoms with E-state index in [0.29, 0.717) is 17.5 Å². The Morgan fingerprint density at radius 2 is 1.01 bits per heavy atom. The predicted octanol–water partition coefficient (Wildman–Crippen LogP) is 18.4. The van der Waals surface area contributed by atoms with Gasteiger partial charge in [0, 0.05) is 38.8 Å².